The number of carbonyl (C=O) groups is 2. The Kier molecular flexibility index (Phi) is 7.82. The second kappa shape index (κ2) is 11.1. The number of hydrogen-bond acceptors (Lipinski definition) is 7. The first kappa shape index (κ1) is 27.4. The summed E-state index contributed by atoms with van der Waals surface area (Å²) in [5.41, 5.74) is 3.94. The van der Waals surface area contributed by atoms with E-state index in [1.807, 2.05) is 32.9 Å². The van der Waals surface area contributed by atoms with Crippen molar-refractivity contribution in [3.63, 3.8) is 0 Å². The van der Waals surface area contributed by atoms with Crippen LogP contribution in [0.3, 0.4) is 0 Å². The van der Waals surface area contributed by atoms with E-state index in [1.54, 1.807) is 23.2 Å². The molecule has 5 rings (SSSR count). The third-order valence-corrected chi connectivity index (χ3v) is 8.39. The van der Waals surface area contributed by atoms with Crippen LogP contribution in [0.4, 0.5) is 0 Å². The molecule has 2 aromatic heterocycles. The molecule has 1 N–H and O–H groups in total. The molecule has 4 heterocycles. The second-order valence-electron chi connectivity index (χ2n) is 11.4. The second-order valence-corrected chi connectivity index (χ2v) is 12.2. The SMILES string of the molecule is Cc1nsc2c3c([nH]c12)C(C(=O)OC(C)C)=CN(C(=O)c1ccc(OCCN2CCCCC2)cc1)CC3(C)C. The molecule has 2 aliphatic rings. The van der Waals surface area contributed by atoms with Gasteiger partial charge < -0.3 is 19.4 Å². The molecule has 0 atom stereocenters. The fourth-order valence-electron chi connectivity index (χ4n) is 5.51. The Morgan fingerprint density at radius 1 is 1.13 bits per heavy atom. The largest absolute Gasteiger partial charge is 0.492 e. The molecule has 1 saturated heterocycles. The molecule has 2 aliphatic heterocycles. The number of fused-ring (bicyclic) bond motifs is 3. The number of benzene rings is 1. The smallest absolute Gasteiger partial charge is 0.342 e. The highest BCUT2D eigenvalue weighted by Crippen LogP contribution is 2.42. The minimum absolute atomic E-state index is 0.181. The zero-order chi connectivity index (χ0) is 27.7. The number of nitrogens with zero attached hydrogens (tertiary/aromatic N) is 3. The first-order chi connectivity index (χ1) is 18.6. The van der Waals surface area contributed by atoms with E-state index in [0.717, 1.165) is 46.9 Å². The van der Waals surface area contributed by atoms with Gasteiger partial charge in [0.25, 0.3) is 5.91 Å². The molecule has 8 nitrogen and oxygen atoms in total. The maximum Gasteiger partial charge on any atom is 0.342 e. The Balaban J connectivity index is 1.39. The summed E-state index contributed by atoms with van der Waals surface area (Å²) in [6.45, 7) is 14.0. The van der Waals surface area contributed by atoms with Crippen LogP contribution in [0.5, 0.6) is 5.75 Å². The fourth-order valence-corrected chi connectivity index (χ4v) is 6.58. The van der Waals surface area contributed by atoms with Gasteiger partial charge in [0.2, 0.25) is 0 Å². The van der Waals surface area contributed by atoms with Crippen molar-refractivity contribution in [3.8, 4) is 5.75 Å². The Bertz CT molecular complexity index is 1380. The number of H-pyrrole nitrogens is 1. The van der Waals surface area contributed by atoms with Crippen LogP contribution < -0.4 is 4.74 Å². The lowest BCUT2D eigenvalue weighted by atomic mass is 9.83. The van der Waals surface area contributed by atoms with Crippen LogP contribution in [-0.4, -0.2) is 69.9 Å². The molecule has 0 bridgehead atoms. The third-order valence-electron chi connectivity index (χ3n) is 7.44. The molecular formula is C30H38N4O4S. The van der Waals surface area contributed by atoms with Gasteiger partial charge in [0, 0.05) is 35.8 Å². The van der Waals surface area contributed by atoms with Crippen molar-refractivity contribution in [1.82, 2.24) is 19.2 Å². The van der Waals surface area contributed by atoms with E-state index in [2.05, 4.69) is 28.1 Å². The maximum absolute atomic E-state index is 13.8. The van der Waals surface area contributed by atoms with Crippen LogP contribution >= 0.6 is 11.5 Å². The Labute approximate surface area is 234 Å². The summed E-state index contributed by atoms with van der Waals surface area (Å²) in [7, 11) is 0. The average Bonchev–Trinajstić information content (AvgIpc) is 3.43. The molecule has 9 heteroatoms. The number of aromatic amines is 1. The molecule has 0 aliphatic carbocycles. The minimum Gasteiger partial charge on any atom is -0.492 e. The minimum atomic E-state index is -0.460. The summed E-state index contributed by atoms with van der Waals surface area (Å²) in [6.07, 6.45) is 5.19. The number of piperidine rings is 1. The van der Waals surface area contributed by atoms with E-state index in [4.69, 9.17) is 9.47 Å². The van der Waals surface area contributed by atoms with Crippen molar-refractivity contribution in [2.24, 2.45) is 0 Å². The summed E-state index contributed by atoms with van der Waals surface area (Å²) >= 11 is 1.42. The third kappa shape index (κ3) is 5.75. The highest BCUT2D eigenvalue weighted by Gasteiger charge is 2.38. The normalized spacial score (nSPS) is 17.6. The van der Waals surface area contributed by atoms with Gasteiger partial charge in [-0.15, -0.1) is 0 Å². The predicted molar refractivity (Wildman–Crippen MR) is 154 cm³/mol. The number of ether oxygens (including phenoxy) is 2. The van der Waals surface area contributed by atoms with Crippen molar-refractivity contribution in [2.75, 3.05) is 32.8 Å². The monoisotopic (exact) mass is 550 g/mol. The number of aryl methyl sites for hydroxylation is 1. The summed E-state index contributed by atoms with van der Waals surface area (Å²) in [5, 5.41) is 0. The van der Waals surface area contributed by atoms with E-state index in [0.29, 0.717) is 30.0 Å². The van der Waals surface area contributed by atoms with Gasteiger partial charge in [0.15, 0.2) is 0 Å². The van der Waals surface area contributed by atoms with Crippen molar-refractivity contribution < 1.29 is 19.1 Å². The Morgan fingerprint density at radius 3 is 2.54 bits per heavy atom. The van der Waals surface area contributed by atoms with E-state index in [1.165, 1.54) is 30.8 Å². The predicted octanol–water partition coefficient (Wildman–Crippen LogP) is 5.52. The standard InChI is InChI=1S/C30H38N4O4S/c1-19(2)38-29(36)23-17-34(18-30(4,5)24-26(23)31-25-20(3)32-39-27(24)25)28(35)21-9-11-22(12-10-21)37-16-15-33-13-7-6-8-14-33/h9-12,17,19,31H,6-8,13-16,18H2,1-5H3. The molecule has 0 saturated carbocycles. The van der Waals surface area contributed by atoms with Crippen LogP contribution in [0.1, 0.15) is 74.3 Å². The molecule has 1 amide bonds. The molecule has 0 spiro atoms. The van der Waals surface area contributed by atoms with E-state index < -0.39 is 11.4 Å². The van der Waals surface area contributed by atoms with Crippen molar-refractivity contribution in [2.45, 2.75) is 65.4 Å². The number of likely N-dealkylation sites (tertiary alicyclic amines) is 1. The van der Waals surface area contributed by atoms with Crippen molar-refractivity contribution >= 4 is 39.2 Å². The Morgan fingerprint density at radius 2 is 1.85 bits per heavy atom. The van der Waals surface area contributed by atoms with Gasteiger partial charge in [-0.2, -0.15) is 4.37 Å². The van der Waals surface area contributed by atoms with Gasteiger partial charge >= 0.3 is 5.97 Å². The van der Waals surface area contributed by atoms with Crippen LogP contribution in [0.2, 0.25) is 0 Å². The lowest BCUT2D eigenvalue weighted by molar-refractivity contribution is -0.140. The molecule has 0 unspecified atom stereocenters. The first-order valence-corrected chi connectivity index (χ1v) is 14.6. The van der Waals surface area contributed by atoms with Gasteiger partial charge in [-0.1, -0.05) is 20.3 Å². The van der Waals surface area contributed by atoms with E-state index in [9.17, 15) is 9.59 Å². The number of nitrogens with one attached hydrogen (secondary N) is 1. The average molecular weight is 551 g/mol. The number of carbonyl (C=O) groups excluding carboxylic acids is 2. The quantitative estimate of drug-likeness (QED) is 0.390. The number of rotatable bonds is 7. The molecular weight excluding hydrogens is 512 g/mol. The first-order valence-electron chi connectivity index (χ1n) is 13.8. The van der Waals surface area contributed by atoms with Gasteiger partial charge in [-0.05, 0) is 82.5 Å². The van der Waals surface area contributed by atoms with Gasteiger partial charge in [-0.25, -0.2) is 4.79 Å². The highest BCUT2D eigenvalue weighted by atomic mass is 32.1. The van der Waals surface area contributed by atoms with E-state index >= 15 is 0 Å². The summed E-state index contributed by atoms with van der Waals surface area (Å²) < 4.78 is 17.1. The Hall–Kier alpha value is -3.17. The van der Waals surface area contributed by atoms with Crippen molar-refractivity contribution in [1.29, 1.82) is 0 Å². The molecule has 0 radical (unpaired) electrons. The molecule has 39 heavy (non-hydrogen) atoms. The lowest BCUT2D eigenvalue weighted by Gasteiger charge is -2.29. The van der Waals surface area contributed by atoms with Crippen LogP contribution in [-0.2, 0) is 14.9 Å². The zero-order valence-electron chi connectivity index (χ0n) is 23.5. The summed E-state index contributed by atoms with van der Waals surface area (Å²) in [5.74, 6) is 0.104. The highest BCUT2D eigenvalue weighted by molar-refractivity contribution is 7.13. The zero-order valence-corrected chi connectivity index (χ0v) is 24.3. The lowest BCUT2D eigenvalue weighted by Crippen LogP contribution is -2.36. The fraction of sp³-hybridized carbons (Fsp3) is 0.500. The molecule has 208 valence electrons. The number of aromatic nitrogens is 2. The number of hydrogen-bond donors (Lipinski definition) is 1. The summed E-state index contributed by atoms with van der Waals surface area (Å²) in [4.78, 5) is 34.6. The maximum atomic E-state index is 13.8. The summed E-state index contributed by atoms with van der Waals surface area (Å²) in [6, 6.07) is 7.27. The molecule has 1 aromatic carbocycles. The van der Waals surface area contributed by atoms with Crippen LogP contribution in [0, 0.1) is 6.92 Å². The van der Waals surface area contributed by atoms with Gasteiger partial charge in [0.05, 0.1) is 33.3 Å². The number of esters is 1. The molecule has 1 fully saturated rings. The van der Waals surface area contributed by atoms with Crippen LogP contribution in [0.15, 0.2) is 30.5 Å². The topological polar surface area (TPSA) is 87.8 Å². The van der Waals surface area contributed by atoms with Crippen molar-refractivity contribution in [3.05, 3.63) is 53.0 Å². The van der Waals surface area contributed by atoms with Crippen LogP contribution in [0.25, 0.3) is 15.8 Å². The van der Waals surface area contributed by atoms with E-state index in [-0.39, 0.29) is 12.0 Å². The molecule has 3 aromatic rings. The van der Waals surface area contributed by atoms with Gasteiger partial charge in [-0.3, -0.25) is 9.69 Å². The number of amides is 1. The van der Waals surface area contributed by atoms with Gasteiger partial charge in [0.1, 0.15) is 12.4 Å².